The number of piperazine rings is 1. The Balaban J connectivity index is 1.22. The van der Waals surface area contributed by atoms with E-state index in [4.69, 9.17) is 0 Å². The third-order valence-corrected chi connectivity index (χ3v) is 8.14. The molecule has 1 aliphatic carbocycles. The molecule has 0 aromatic carbocycles. The molecule has 1 aromatic rings. The van der Waals surface area contributed by atoms with Crippen molar-refractivity contribution >= 4 is 17.5 Å². The van der Waals surface area contributed by atoms with E-state index in [0.29, 0.717) is 6.54 Å². The largest absolute Gasteiger partial charge is 0.619 e. The molecule has 0 N–H and O–H groups in total. The van der Waals surface area contributed by atoms with Crippen molar-refractivity contribution in [2.45, 2.75) is 46.5 Å². The molecule has 2 atom stereocenters. The van der Waals surface area contributed by atoms with Gasteiger partial charge < -0.3 is 10.1 Å². The summed E-state index contributed by atoms with van der Waals surface area (Å²) >= 11 is 0. The molecule has 2 saturated heterocycles. The number of hydrogen-bond donors (Lipinski definition) is 0. The first-order valence-corrected chi connectivity index (χ1v) is 11.3. The van der Waals surface area contributed by atoms with Gasteiger partial charge in [0.2, 0.25) is 11.8 Å². The fourth-order valence-corrected chi connectivity index (χ4v) is 5.56. The topological polar surface area (TPSA) is 70.8 Å². The SMILES string of the molecule is CC12CCC(C(=O)N(CCCCN3CCN(c4cc[n+]([O-])cc4)CC3)C1=O)C2(C)C. The Hall–Kier alpha value is -2.15. The average Bonchev–Trinajstić information content (AvgIpc) is 2.92. The summed E-state index contributed by atoms with van der Waals surface area (Å²) in [5.74, 6) is 0.0836. The highest BCUT2D eigenvalue weighted by Gasteiger charge is 2.64. The van der Waals surface area contributed by atoms with Crippen LogP contribution in [0.5, 0.6) is 0 Å². The van der Waals surface area contributed by atoms with Gasteiger partial charge in [-0.3, -0.25) is 19.4 Å². The third kappa shape index (κ3) is 3.47. The summed E-state index contributed by atoms with van der Waals surface area (Å²) in [5.41, 5.74) is 0.462. The molecule has 3 fully saturated rings. The van der Waals surface area contributed by atoms with Gasteiger partial charge in [0.25, 0.3) is 0 Å². The van der Waals surface area contributed by atoms with Gasteiger partial charge in [-0.2, -0.15) is 4.73 Å². The van der Waals surface area contributed by atoms with Gasteiger partial charge in [-0.1, -0.05) is 20.8 Å². The Morgan fingerprint density at radius 1 is 1.03 bits per heavy atom. The number of rotatable bonds is 6. The number of pyridine rings is 1. The molecule has 2 aliphatic heterocycles. The minimum Gasteiger partial charge on any atom is -0.619 e. The van der Waals surface area contributed by atoms with Crippen LogP contribution in [0.4, 0.5) is 5.69 Å². The molecule has 164 valence electrons. The van der Waals surface area contributed by atoms with Crippen molar-refractivity contribution in [2.75, 3.05) is 44.2 Å². The van der Waals surface area contributed by atoms with Gasteiger partial charge in [0.1, 0.15) is 0 Å². The molecule has 1 aromatic heterocycles. The summed E-state index contributed by atoms with van der Waals surface area (Å²) in [6, 6.07) is 3.73. The molecular weight excluding hydrogens is 380 g/mol. The van der Waals surface area contributed by atoms with Gasteiger partial charge in [0, 0.05) is 56.5 Å². The summed E-state index contributed by atoms with van der Waals surface area (Å²) in [5, 5.41) is 11.2. The number of carbonyl (C=O) groups excluding carboxylic acids is 2. The molecule has 2 unspecified atom stereocenters. The molecule has 2 amide bonds. The van der Waals surface area contributed by atoms with Crippen LogP contribution in [-0.4, -0.2) is 60.9 Å². The maximum atomic E-state index is 13.1. The first-order chi connectivity index (χ1) is 14.2. The van der Waals surface area contributed by atoms with Crippen molar-refractivity contribution in [3.63, 3.8) is 0 Å². The number of carbonyl (C=O) groups is 2. The quantitative estimate of drug-likeness (QED) is 0.308. The van der Waals surface area contributed by atoms with E-state index in [-0.39, 0.29) is 23.1 Å². The summed E-state index contributed by atoms with van der Waals surface area (Å²) in [4.78, 5) is 32.3. The van der Waals surface area contributed by atoms with Crippen LogP contribution in [0.3, 0.4) is 0 Å². The van der Waals surface area contributed by atoms with Gasteiger partial charge in [-0.15, -0.1) is 0 Å². The maximum absolute atomic E-state index is 13.1. The number of likely N-dealkylation sites (tertiary alicyclic amines) is 1. The van der Waals surface area contributed by atoms with Crippen molar-refractivity contribution < 1.29 is 14.3 Å². The molecule has 0 radical (unpaired) electrons. The lowest BCUT2D eigenvalue weighted by atomic mass is 9.62. The zero-order valence-corrected chi connectivity index (χ0v) is 18.5. The zero-order chi connectivity index (χ0) is 21.5. The highest BCUT2D eigenvalue weighted by Crippen LogP contribution is 2.60. The van der Waals surface area contributed by atoms with Crippen LogP contribution >= 0.6 is 0 Å². The number of anilines is 1. The number of fused-ring (bicyclic) bond motifs is 2. The van der Waals surface area contributed by atoms with Crippen LogP contribution in [0.25, 0.3) is 0 Å². The van der Waals surface area contributed by atoms with E-state index in [2.05, 4.69) is 30.6 Å². The fraction of sp³-hybridized carbons (Fsp3) is 0.696. The Bertz CT molecular complexity index is 801. The van der Waals surface area contributed by atoms with Crippen LogP contribution in [0.2, 0.25) is 0 Å². The van der Waals surface area contributed by atoms with E-state index >= 15 is 0 Å². The maximum Gasteiger partial charge on any atom is 0.235 e. The van der Waals surface area contributed by atoms with Crippen molar-refractivity contribution in [1.82, 2.24) is 9.80 Å². The van der Waals surface area contributed by atoms with E-state index in [9.17, 15) is 14.8 Å². The molecule has 4 rings (SSSR count). The van der Waals surface area contributed by atoms with Crippen LogP contribution in [0.1, 0.15) is 46.5 Å². The van der Waals surface area contributed by atoms with E-state index < -0.39 is 5.41 Å². The predicted octanol–water partition coefficient (Wildman–Crippen LogP) is 2.03. The molecule has 7 heteroatoms. The van der Waals surface area contributed by atoms with Crippen molar-refractivity contribution in [1.29, 1.82) is 0 Å². The Labute approximate surface area is 179 Å². The van der Waals surface area contributed by atoms with Gasteiger partial charge >= 0.3 is 0 Å². The lowest BCUT2D eigenvalue weighted by molar-refractivity contribution is -0.605. The van der Waals surface area contributed by atoms with Crippen LogP contribution in [0, 0.1) is 22.0 Å². The van der Waals surface area contributed by atoms with Crippen LogP contribution in [-0.2, 0) is 9.59 Å². The van der Waals surface area contributed by atoms with Crippen molar-refractivity contribution in [3.05, 3.63) is 29.7 Å². The number of hydrogen-bond acceptors (Lipinski definition) is 5. The highest BCUT2D eigenvalue weighted by atomic mass is 16.5. The van der Waals surface area contributed by atoms with E-state index in [1.54, 1.807) is 17.3 Å². The number of amides is 2. The van der Waals surface area contributed by atoms with Crippen LogP contribution in [0.15, 0.2) is 24.5 Å². The second kappa shape index (κ2) is 7.84. The minimum atomic E-state index is -0.398. The minimum absolute atomic E-state index is 0.0117. The second-order valence-electron chi connectivity index (χ2n) is 9.89. The fourth-order valence-electron chi connectivity index (χ4n) is 5.56. The number of unbranched alkanes of at least 4 members (excludes halogenated alkanes) is 1. The Morgan fingerprint density at radius 2 is 1.67 bits per heavy atom. The Morgan fingerprint density at radius 3 is 2.33 bits per heavy atom. The molecule has 0 spiro atoms. The monoisotopic (exact) mass is 414 g/mol. The third-order valence-electron chi connectivity index (χ3n) is 8.14. The first-order valence-electron chi connectivity index (χ1n) is 11.3. The predicted molar refractivity (Wildman–Crippen MR) is 115 cm³/mol. The van der Waals surface area contributed by atoms with Gasteiger partial charge in [-0.05, 0) is 37.6 Å². The number of nitrogens with zero attached hydrogens (tertiary/aromatic N) is 4. The van der Waals surface area contributed by atoms with E-state index in [0.717, 1.165) is 68.8 Å². The summed E-state index contributed by atoms with van der Waals surface area (Å²) in [7, 11) is 0. The molecule has 2 bridgehead atoms. The van der Waals surface area contributed by atoms with Crippen molar-refractivity contribution in [3.8, 4) is 0 Å². The number of piperidine rings is 1. The summed E-state index contributed by atoms with van der Waals surface area (Å²) < 4.78 is 0.810. The highest BCUT2D eigenvalue weighted by molar-refractivity contribution is 6.03. The van der Waals surface area contributed by atoms with Crippen molar-refractivity contribution in [2.24, 2.45) is 16.7 Å². The summed E-state index contributed by atoms with van der Waals surface area (Å²) in [6.45, 7) is 11.6. The number of aromatic nitrogens is 1. The second-order valence-corrected chi connectivity index (χ2v) is 9.89. The van der Waals surface area contributed by atoms with Gasteiger partial charge in [-0.25, -0.2) is 0 Å². The van der Waals surface area contributed by atoms with Gasteiger partial charge in [0.05, 0.1) is 5.41 Å². The standard InChI is InChI=1S/C23H34N4O3/c1-22(2)19-6-9-23(22,3)21(29)27(20(19)28)11-5-4-10-24-14-16-25(17-15-24)18-7-12-26(30)13-8-18/h7-8,12-13,19H,4-6,9-11,14-17H2,1-3H3. The zero-order valence-electron chi connectivity index (χ0n) is 18.5. The van der Waals surface area contributed by atoms with Gasteiger partial charge in [0.15, 0.2) is 12.4 Å². The average molecular weight is 415 g/mol. The molecule has 7 nitrogen and oxygen atoms in total. The molecular formula is C23H34N4O3. The Kier molecular flexibility index (Phi) is 5.51. The van der Waals surface area contributed by atoms with E-state index in [1.165, 1.54) is 0 Å². The van der Waals surface area contributed by atoms with E-state index in [1.807, 2.05) is 12.1 Å². The normalized spacial score (nSPS) is 29.0. The smallest absolute Gasteiger partial charge is 0.235 e. The number of imide groups is 1. The molecule has 1 saturated carbocycles. The molecule has 3 heterocycles. The lowest BCUT2D eigenvalue weighted by Gasteiger charge is -2.47. The van der Waals surface area contributed by atoms with Crippen LogP contribution < -0.4 is 9.63 Å². The summed E-state index contributed by atoms with van der Waals surface area (Å²) in [6.07, 6.45) is 6.60. The molecule has 3 aliphatic rings. The lowest BCUT2D eigenvalue weighted by Crippen LogP contribution is -2.59. The molecule has 30 heavy (non-hydrogen) atoms. The first kappa shape index (κ1) is 21.1.